The van der Waals surface area contributed by atoms with Crippen molar-refractivity contribution in [2.45, 2.75) is 5.88 Å². The molecule has 1 aliphatic heterocycles. The van der Waals surface area contributed by atoms with E-state index in [0.717, 1.165) is 47.2 Å². The molecule has 1 saturated heterocycles. The van der Waals surface area contributed by atoms with Crippen LogP contribution in [0.2, 0.25) is 5.28 Å². The Morgan fingerprint density at radius 2 is 2.11 bits per heavy atom. The third kappa shape index (κ3) is 2.28. The van der Waals surface area contributed by atoms with Gasteiger partial charge in [0.05, 0.1) is 24.5 Å². The number of anilines is 1. The number of hydrogen-bond donors (Lipinski definition) is 0. The van der Waals surface area contributed by atoms with Crippen LogP contribution in [0.5, 0.6) is 0 Å². The largest absolute Gasteiger partial charge is 0.378 e. The summed E-state index contributed by atoms with van der Waals surface area (Å²) in [5.41, 5.74) is 0. The highest BCUT2D eigenvalue weighted by Gasteiger charge is 2.18. The third-order valence-electron chi connectivity index (χ3n) is 2.84. The molecule has 4 nitrogen and oxygen atoms in total. The minimum absolute atomic E-state index is 0.284. The summed E-state index contributed by atoms with van der Waals surface area (Å²) in [5, 5.41) is 1.31. The number of hydrogen-bond acceptors (Lipinski definition) is 5. The molecule has 2 aromatic rings. The van der Waals surface area contributed by atoms with Gasteiger partial charge in [-0.05, 0) is 17.7 Å². The summed E-state index contributed by atoms with van der Waals surface area (Å²) in [7, 11) is 0. The Labute approximate surface area is 118 Å². The number of halogens is 2. The van der Waals surface area contributed by atoms with Gasteiger partial charge in [-0.15, -0.1) is 22.9 Å². The molecule has 0 bridgehead atoms. The Balaban J connectivity index is 2.10. The van der Waals surface area contributed by atoms with E-state index in [1.807, 2.05) is 6.07 Å². The van der Waals surface area contributed by atoms with Crippen LogP contribution in [0.4, 0.5) is 5.82 Å². The molecule has 3 heterocycles. The number of aromatic nitrogens is 2. The van der Waals surface area contributed by atoms with Crippen molar-refractivity contribution in [3.8, 4) is 0 Å². The van der Waals surface area contributed by atoms with E-state index in [9.17, 15) is 0 Å². The molecule has 3 rings (SSSR count). The minimum Gasteiger partial charge on any atom is -0.378 e. The fraction of sp³-hybridized carbons (Fsp3) is 0.455. The quantitative estimate of drug-likeness (QED) is 0.631. The van der Waals surface area contributed by atoms with Gasteiger partial charge in [0.15, 0.2) is 0 Å². The summed E-state index contributed by atoms with van der Waals surface area (Å²) in [5.74, 6) is 1.38. The lowest BCUT2D eigenvalue weighted by Gasteiger charge is -2.28. The van der Waals surface area contributed by atoms with Gasteiger partial charge in [0.25, 0.3) is 0 Å². The van der Waals surface area contributed by atoms with Gasteiger partial charge >= 0.3 is 0 Å². The van der Waals surface area contributed by atoms with Crippen LogP contribution in [0.15, 0.2) is 6.07 Å². The first-order valence-corrected chi connectivity index (χ1v) is 7.35. The van der Waals surface area contributed by atoms with E-state index in [2.05, 4.69) is 14.9 Å². The van der Waals surface area contributed by atoms with Crippen LogP contribution >= 0.6 is 34.5 Å². The zero-order valence-electron chi connectivity index (χ0n) is 9.53. The van der Waals surface area contributed by atoms with Gasteiger partial charge in [-0.2, -0.15) is 4.98 Å². The van der Waals surface area contributed by atoms with Crippen LogP contribution in [-0.4, -0.2) is 36.3 Å². The number of thiophene rings is 1. The maximum Gasteiger partial charge on any atom is 0.225 e. The summed E-state index contributed by atoms with van der Waals surface area (Å²) in [6, 6.07) is 2.05. The number of nitrogens with zero attached hydrogens (tertiary/aromatic N) is 3. The zero-order chi connectivity index (χ0) is 12.5. The summed E-state index contributed by atoms with van der Waals surface area (Å²) in [6.07, 6.45) is 0. The SMILES string of the molecule is ClCc1cc2c(N3CCOCC3)nc(Cl)nc2s1. The number of alkyl halides is 1. The van der Waals surface area contributed by atoms with Gasteiger partial charge in [-0.3, -0.25) is 0 Å². The normalized spacial score (nSPS) is 16.4. The second-order valence-electron chi connectivity index (χ2n) is 3.98. The zero-order valence-corrected chi connectivity index (χ0v) is 11.9. The standard InChI is InChI=1S/C11H11Cl2N3OS/c12-6-7-5-8-9(16-1-3-17-4-2-16)14-11(13)15-10(8)18-7/h5H,1-4,6H2. The monoisotopic (exact) mass is 303 g/mol. The molecular weight excluding hydrogens is 293 g/mol. The van der Waals surface area contributed by atoms with Crippen LogP contribution in [0, 0.1) is 0 Å². The fourth-order valence-corrected chi connectivity index (χ4v) is 3.34. The van der Waals surface area contributed by atoms with Crippen LogP contribution in [0.1, 0.15) is 4.88 Å². The molecule has 0 saturated carbocycles. The molecule has 0 N–H and O–H groups in total. The van der Waals surface area contributed by atoms with Gasteiger partial charge in [0, 0.05) is 18.0 Å². The molecule has 0 spiro atoms. The molecule has 96 valence electrons. The number of rotatable bonds is 2. The molecule has 18 heavy (non-hydrogen) atoms. The topological polar surface area (TPSA) is 38.2 Å². The maximum absolute atomic E-state index is 5.99. The van der Waals surface area contributed by atoms with Crippen molar-refractivity contribution in [3.63, 3.8) is 0 Å². The van der Waals surface area contributed by atoms with Crippen LogP contribution in [-0.2, 0) is 10.6 Å². The summed E-state index contributed by atoms with van der Waals surface area (Å²) < 4.78 is 5.35. The third-order valence-corrected chi connectivity index (χ3v) is 4.48. The van der Waals surface area contributed by atoms with Gasteiger partial charge < -0.3 is 9.64 Å². The predicted octanol–water partition coefficient (Wildman–Crippen LogP) is 2.92. The Morgan fingerprint density at radius 1 is 1.33 bits per heavy atom. The van der Waals surface area contributed by atoms with Gasteiger partial charge in [0.1, 0.15) is 10.6 Å². The van der Waals surface area contributed by atoms with Crippen molar-refractivity contribution in [1.29, 1.82) is 0 Å². The van der Waals surface area contributed by atoms with Crippen LogP contribution in [0.25, 0.3) is 10.2 Å². The van der Waals surface area contributed by atoms with Crippen molar-refractivity contribution in [3.05, 3.63) is 16.2 Å². The highest BCUT2D eigenvalue weighted by molar-refractivity contribution is 7.18. The lowest BCUT2D eigenvalue weighted by molar-refractivity contribution is 0.122. The highest BCUT2D eigenvalue weighted by Crippen LogP contribution is 2.32. The molecule has 2 aromatic heterocycles. The highest BCUT2D eigenvalue weighted by atomic mass is 35.5. The maximum atomic E-state index is 5.99. The molecule has 0 aromatic carbocycles. The van der Waals surface area contributed by atoms with Gasteiger partial charge in [-0.1, -0.05) is 0 Å². The van der Waals surface area contributed by atoms with E-state index >= 15 is 0 Å². The molecule has 0 amide bonds. The Hall–Kier alpha value is -0.620. The minimum atomic E-state index is 0.284. The Bertz CT molecular complexity index is 569. The molecule has 7 heteroatoms. The van der Waals surface area contributed by atoms with Crippen LogP contribution in [0.3, 0.4) is 0 Å². The average Bonchev–Trinajstić information content (AvgIpc) is 2.81. The molecule has 0 aliphatic carbocycles. The van der Waals surface area contributed by atoms with Gasteiger partial charge in [0.2, 0.25) is 5.28 Å². The van der Waals surface area contributed by atoms with Crippen LogP contribution < -0.4 is 4.90 Å². The number of morpholine rings is 1. The van der Waals surface area contributed by atoms with E-state index < -0.39 is 0 Å². The van der Waals surface area contributed by atoms with E-state index in [1.165, 1.54) is 0 Å². The molecule has 0 radical (unpaired) electrons. The second-order valence-corrected chi connectivity index (χ2v) is 5.70. The molecule has 0 atom stereocenters. The molecule has 1 aliphatic rings. The van der Waals surface area contributed by atoms with E-state index in [0.29, 0.717) is 5.88 Å². The molecular formula is C11H11Cl2N3OS. The Kier molecular flexibility index (Phi) is 3.56. The summed E-state index contributed by atoms with van der Waals surface area (Å²) >= 11 is 13.4. The Morgan fingerprint density at radius 3 is 2.83 bits per heavy atom. The smallest absolute Gasteiger partial charge is 0.225 e. The van der Waals surface area contributed by atoms with E-state index in [1.54, 1.807) is 11.3 Å². The molecule has 0 unspecified atom stereocenters. The second kappa shape index (κ2) is 5.17. The predicted molar refractivity (Wildman–Crippen MR) is 75.0 cm³/mol. The number of fused-ring (bicyclic) bond motifs is 1. The molecule has 1 fully saturated rings. The van der Waals surface area contributed by atoms with Crippen molar-refractivity contribution < 1.29 is 4.74 Å². The summed E-state index contributed by atoms with van der Waals surface area (Å²) in [4.78, 5) is 12.8. The first-order chi connectivity index (χ1) is 8.78. The van der Waals surface area contributed by atoms with Crippen molar-refractivity contribution in [2.75, 3.05) is 31.2 Å². The fourth-order valence-electron chi connectivity index (χ4n) is 2.01. The van der Waals surface area contributed by atoms with Crippen molar-refractivity contribution in [2.24, 2.45) is 0 Å². The van der Waals surface area contributed by atoms with Crippen molar-refractivity contribution in [1.82, 2.24) is 9.97 Å². The van der Waals surface area contributed by atoms with E-state index in [-0.39, 0.29) is 5.28 Å². The first kappa shape index (κ1) is 12.4. The first-order valence-electron chi connectivity index (χ1n) is 5.62. The van der Waals surface area contributed by atoms with Gasteiger partial charge in [-0.25, -0.2) is 4.98 Å². The lowest BCUT2D eigenvalue weighted by atomic mass is 10.3. The lowest BCUT2D eigenvalue weighted by Crippen LogP contribution is -2.36. The average molecular weight is 304 g/mol. The van der Waals surface area contributed by atoms with Crippen molar-refractivity contribution >= 4 is 50.6 Å². The summed E-state index contributed by atoms with van der Waals surface area (Å²) in [6.45, 7) is 3.09. The van der Waals surface area contributed by atoms with E-state index in [4.69, 9.17) is 27.9 Å². The number of ether oxygens (including phenoxy) is 1.